The van der Waals surface area contributed by atoms with Crippen LogP contribution in [0.25, 0.3) is 98.6 Å². The summed E-state index contributed by atoms with van der Waals surface area (Å²) in [5.74, 6) is 0. The van der Waals surface area contributed by atoms with Crippen LogP contribution in [0.3, 0.4) is 0 Å². The lowest BCUT2D eigenvalue weighted by atomic mass is 9.84. The molecule has 0 aliphatic rings. The molecule has 0 spiro atoms. The fourth-order valence-electron chi connectivity index (χ4n) is 6.46. The van der Waals surface area contributed by atoms with E-state index in [1.165, 1.54) is 0 Å². The fraction of sp³-hybridized carbons (Fsp3) is 0. The number of furan rings is 2. The highest BCUT2D eigenvalue weighted by Gasteiger charge is 2.19. The van der Waals surface area contributed by atoms with Crippen molar-refractivity contribution in [2.75, 3.05) is 0 Å². The van der Waals surface area contributed by atoms with Gasteiger partial charge in [0.05, 0.1) is 26.8 Å². The Morgan fingerprint density at radius 3 is 1.80 bits per heavy atom. The molecule has 0 saturated carbocycles. The normalized spacial score (nSPS) is 16.5. The van der Waals surface area contributed by atoms with E-state index in [4.69, 9.17) is 22.5 Å². The SMILES string of the molecule is [2H]c1c([2H])c([2H])c2c(-c3c4c([2H])c([2H])c([2H])c([2H])c4c(-c4ccc5oc6cc7c(-c8ccccc8)coc7cc6c5c4)c4c([2H])c([2H])c([2H])c([2H])c34)c([2H])c([2H])c([2H])c2c1[2H]. The van der Waals surface area contributed by atoms with Gasteiger partial charge in [0.25, 0.3) is 0 Å². The molecule has 0 unspecified atom stereocenters. The molecule has 0 saturated heterocycles. The first-order valence-corrected chi connectivity index (χ1v) is 14.4. The number of rotatable bonds is 3. The maximum atomic E-state index is 9.38. The molecule has 46 heavy (non-hydrogen) atoms. The van der Waals surface area contributed by atoms with E-state index in [0.29, 0.717) is 27.5 Å². The molecule has 2 heterocycles. The Labute approximate surface area is 285 Å². The first kappa shape index (κ1) is 14.8. The van der Waals surface area contributed by atoms with Gasteiger partial charge >= 0.3 is 0 Å². The molecule has 0 fully saturated rings. The first-order valence-electron chi connectivity index (χ1n) is 21.9. The van der Waals surface area contributed by atoms with Gasteiger partial charge in [-0.1, -0.05) is 127 Å². The van der Waals surface area contributed by atoms with Crippen LogP contribution in [0.4, 0.5) is 0 Å². The zero-order valence-electron chi connectivity index (χ0n) is 38.7. The van der Waals surface area contributed by atoms with Crippen molar-refractivity contribution in [3.05, 3.63) is 158 Å². The summed E-state index contributed by atoms with van der Waals surface area (Å²) >= 11 is 0. The van der Waals surface area contributed by atoms with Crippen LogP contribution in [0.5, 0.6) is 0 Å². The monoisotopic (exact) mass is 601 g/mol. The van der Waals surface area contributed by atoms with Crippen molar-refractivity contribution in [3.63, 3.8) is 0 Å². The van der Waals surface area contributed by atoms with Crippen molar-refractivity contribution in [1.29, 1.82) is 0 Å². The molecule has 0 radical (unpaired) electrons. The lowest BCUT2D eigenvalue weighted by Crippen LogP contribution is -1.91. The molecule has 0 aliphatic heterocycles. The van der Waals surface area contributed by atoms with Gasteiger partial charge in [-0.3, -0.25) is 0 Å². The van der Waals surface area contributed by atoms with E-state index in [0.717, 1.165) is 16.5 Å². The Hall–Kier alpha value is -6.12. The van der Waals surface area contributed by atoms with E-state index >= 15 is 0 Å². The third-order valence-electron chi connectivity index (χ3n) is 8.48. The van der Waals surface area contributed by atoms with Gasteiger partial charge < -0.3 is 8.83 Å². The Morgan fingerprint density at radius 1 is 0.413 bits per heavy atom. The minimum atomic E-state index is -0.765. The highest BCUT2D eigenvalue weighted by Crippen LogP contribution is 2.46. The second kappa shape index (κ2) is 9.69. The zero-order chi connectivity index (χ0) is 43.2. The van der Waals surface area contributed by atoms with Gasteiger partial charge in [0, 0.05) is 21.7 Å². The van der Waals surface area contributed by atoms with Gasteiger partial charge in [-0.15, -0.1) is 0 Å². The fourth-order valence-corrected chi connectivity index (χ4v) is 6.46. The minimum Gasteiger partial charge on any atom is -0.464 e. The molecule has 0 N–H and O–H groups in total. The van der Waals surface area contributed by atoms with Crippen LogP contribution in [-0.2, 0) is 0 Å². The number of fused-ring (bicyclic) bond motifs is 7. The van der Waals surface area contributed by atoms with Crippen LogP contribution in [0.1, 0.15) is 20.6 Å². The van der Waals surface area contributed by atoms with Crippen LogP contribution in [0, 0.1) is 0 Å². The third-order valence-corrected chi connectivity index (χ3v) is 8.48. The predicted octanol–water partition coefficient (Wildman–Crippen LogP) is 12.8. The van der Waals surface area contributed by atoms with Crippen LogP contribution < -0.4 is 0 Å². The van der Waals surface area contributed by atoms with Crippen molar-refractivity contribution in [2.45, 2.75) is 0 Å². The molecule has 10 aromatic rings. The predicted molar refractivity (Wildman–Crippen MR) is 192 cm³/mol. The molecule has 0 atom stereocenters. The van der Waals surface area contributed by atoms with Crippen molar-refractivity contribution >= 4 is 65.2 Å². The molecular formula is C44H26O2. The molecule has 2 aromatic heterocycles. The van der Waals surface area contributed by atoms with Crippen molar-refractivity contribution < 1.29 is 29.4 Å². The molecule has 10 rings (SSSR count). The van der Waals surface area contributed by atoms with Crippen molar-refractivity contribution in [1.82, 2.24) is 0 Å². The summed E-state index contributed by atoms with van der Waals surface area (Å²) < 4.78 is 147. The molecule has 0 bridgehead atoms. The Bertz CT molecular complexity index is 3560. The molecule has 2 nitrogen and oxygen atoms in total. The number of hydrogen-bond donors (Lipinski definition) is 0. The second-order valence-corrected chi connectivity index (χ2v) is 10.9. The van der Waals surface area contributed by atoms with E-state index < -0.39 is 107 Å². The van der Waals surface area contributed by atoms with Crippen molar-refractivity contribution in [3.8, 4) is 33.4 Å². The average Bonchev–Trinajstić information content (AvgIpc) is 3.85. The quantitative estimate of drug-likeness (QED) is 0.188. The van der Waals surface area contributed by atoms with Gasteiger partial charge in [-0.05, 0) is 84.4 Å². The third kappa shape index (κ3) is 3.65. The lowest BCUT2D eigenvalue weighted by molar-refractivity contribution is 0.617. The molecule has 0 amide bonds. The summed E-state index contributed by atoms with van der Waals surface area (Å²) in [6, 6.07) is 7.98. The van der Waals surface area contributed by atoms with Crippen LogP contribution in [0.2, 0.25) is 0 Å². The van der Waals surface area contributed by atoms with Gasteiger partial charge in [-0.2, -0.15) is 0 Å². The Balaban J connectivity index is 1.41. The molecular weight excluding hydrogens is 560 g/mol. The molecule has 214 valence electrons. The number of hydrogen-bond acceptors (Lipinski definition) is 2. The van der Waals surface area contributed by atoms with Gasteiger partial charge in [-0.25, -0.2) is 0 Å². The topological polar surface area (TPSA) is 26.3 Å². The van der Waals surface area contributed by atoms with Crippen LogP contribution >= 0.6 is 0 Å². The summed E-state index contributed by atoms with van der Waals surface area (Å²) in [7, 11) is 0. The summed E-state index contributed by atoms with van der Waals surface area (Å²) in [6.07, 6.45) is 1.66. The summed E-state index contributed by atoms with van der Waals surface area (Å²) in [5, 5.41) is 0.0816. The highest BCUT2D eigenvalue weighted by atomic mass is 16.3. The molecule has 0 aliphatic carbocycles. The smallest absolute Gasteiger partial charge is 0.136 e. The highest BCUT2D eigenvalue weighted by molar-refractivity contribution is 6.24. The standard InChI is InChI=1S/C44H26O2/c1-2-11-28(12-3-1)39-26-45-41-24-37-36-23-29(21-22-40(36)46-42(37)25-38(39)41)43-32-16-6-8-18-34(32)44(35-19-9-7-17-33(35)43)31-20-10-14-27-13-4-5-15-30(27)31/h1-26H/i4D,5D,6D,7D,8D,9D,10D,13D,14D,15D,16D,17D,18D,19D,20D. The van der Waals surface area contributed by atoms with Crippen LogP contribution in [0.15, 0.2) is 166 Å². The second-order valence-electron chi connectivity index (χ2n) is 10.9. The van der Waals surface area contributed by atoms with Crippen LogP contribution in [-0.4, -0.2) is 0 Å². The van der Waals surface area contributed by atoms with Crippen molar-refractivity contribution in [2.24, 2.45) is 0 Å². The van der Waals surface area contributed by atoms with Gasteiger partial charge in [0.1, 0.15) is 16.7 Å². The van der Waals surface area contributed by atoms with E-state index in [-0.39, 0.29) is 38.2 Å². The van der Waals surface area contributed by atoms with E-state index in [2.05, 4.69) is 0 Å². The van der Waals surface area contributed by atoms with Gasteiger partial charge in [0.2, 0.25) is 0 Å². The average molecular weight is 602 g/mol. The summed E-state index contributed by atoms with van der Waals surface area (Å²) in [4.78, 5) is 0. The lowest BCUT2D eigenvalue weighted by Gasteiger charge is -2.18. The molecule has 2 heteroatoms. The Morgan fingerprint density at radius 2 is 1.04 bits per heavy atom. The summed E-state index contributed by atoms with van der Waals surface area (Å²) in [5.41, 5.74) is 2.76. The van der Waals surface area contributed by atoms with E-state index in [1.807, 2.05) is 42.5 Å². The van der Waals surface area contributed by atoms with Gasteiger partial charge in [0.15, 0.2) is 0 Å². The first-order chi connectivity index (χ1) is 29.0. The zero-order valence-corrected chi connectivity index (χ0v) is 23.7. The summed E-state index contributed by atoms with van der Waals surface area (Å²) in [6.45, 7) is 0. The maximum Gasteiger partial charge on any atom is 0.136 e. The van der Waals surface area contributed by atoms with E-state index in [1.54, 1.807) is 24.5 Å². The minimum absolute atomic E-state index is 0.00427. The largest absolute Gasteiger partial charge is 0.464 e. The number of benzene rings is 8. The maximum absolute atomic E-state index is 9.38. The molecule has 8 aromatic carbocycles. The van der Waals surface area contributed by atoms with E-state index in [9.17, 15) is 6.85 Å². The Kier molecular flexibility index (Phi) is 3.11.